The van der Waals surface area contributed by atoms with Gasteiger partial charge in [0, 0.05) is 23.2 Å². The van der Waals surface area contributed by atoms with Crippen molar-refractivity contribution in [3.05, 3.63) is 63.5 Å². The number of nitrogens with two attached hydrogens (primary N) is 1. The highest BCUT2D eigenvalue weighted by molar-refractivity contribution is 7.15. The molecule has 7 heteroatoms. The lowest BCUT2D eigenvalue weighted by Crippen LogP contribution is -2.14. The molecular weight excluding hydrogens is 290 g/mol. The van der Waals surface area contributed by atoms with E-state index in [1.165, 1.54) is 21.8 Å². The molecule has 2 N–H and O–H groups in total. The minimum atomic E-state index is -0.487. The third kappa shape index (κ3) is 2.77. The van der Waals surface area contributed by atoms with Crippen LogP contribution < -0.4 is 16.0 Å². The first-order valence-electron chi connectivity index (χ1n) is 6.12. The van der Waals surface area contributed by atoms with Gasteiger partial charge >= 0.3 is 0 Å². The van der Waals surface area contributed by atoms with Crippen molar-refractivity contribution in [3.8, 4) is 5.75 Å². The topological polar surface area (TPSA) is 86.7 Å². The fourth-order valence-corrected chi connectivity index (χ4v) is 2.57. The first kappa shape index (κ1) is 13.3. The Morgan fingerprint density at radius 3 is 2.81 bits per heavy atom. The number of ether oxygens (including phenoxy) is 1. The zero-order valence-electron chi connectivity index (χ0n) is 10.9. The van der Waals surface area contributed by atoms with Crippen LogP contribution in [0, 0.1) is 0 Å². The van der Waals surface area contributed by atoms with E-state index in [1.807, 2.05) is 0 Å². The quantitative estimate of drug-likeness (QED) is 0.790. The first-order valence-corrected chi connectivity index (χ1v) is 7.00. The highest BCUT2D eigenvalue weighted by Gasteiger charge is 2.05. The molecule has 2 aromatic heterocycles. The normalized spacial score (nSPS) is 10.7. The molecule has 0 fully saturated rings. The SMILES string of the molecule is NC(=O)c1ccc(OCc2cc(=O)n3ccsc3n2)cc1. The standard InChI is InChI=1S/C14H11N3O3S/c15-13(19)9-1-3-11(4-2-9)20-8-10-7-12(18)17-5-6-21-14(17)16-10/h1-7H,8H2,(H2,15,19). The summed E-state index contributed by atoms with van der Waals surface area (Å²) in [5.41, 5.74) is 6.00. The van der Waals surface area contributed by atoms with E-state index >= 15 is 0 Å². The Labute approximate surface area is 123 Å². The Bertz CT molecular complexity index is 852. The molecule has 0 aliphatic carbocycles. The van der Waals surface area contributed by atoms with Gasteiger partial charge in [-0.25, -0.2) is 4.98 Å². The van der Waals surface area contributed by atoms with Crippen molar-refractivity contribution in [3.63, 3.8) is 0 Å². The van der Waals surface area contributed by atoms with Crippen LogP contribution in [0.25, 0.3) is 4.96 Å². The Morgan fingerprint density at radius 2 is 2.10 bits per heavy atom. The number of thiazole rings is 1. The number of carbonyl (C=O) groups excluding carboxylic acids is 1. The lowest BCUT2D eigenvalue weighted by molar-refractivity contribution is 0.100. The maximum absolute atomic E-state index is 11.8. The van der Waals surface area contributed by atoms with E-state index in [4.69, 9.17) is 10.5 Å². The van der Waals surface area contributed by atoms with Gasteiger partial charge in [-0.15, -0.1) is 11.3 Å². The summed E-state index contributed by atoms with van der Waals surface area (Å²) in [5.74, 6) is 0.0903. The van der Waals surface area contributed by atoms with Crippen LogP contribution in [-0.4, -0.2) is 15.3 Å². The lowest BCUT2D eigenvalue weighted by atomic mass is 10.2. The summed E-state index contributed by atoms with van der Waals surface area (Å²) in [6.07, 6.45) is 1.68. The summed E-state index contributed by atoms with van der Waals surface area (Å²) < 4.78 is 7.03. The van der Waals surface area contributed by atoms with Crippen LogP contribution in [0.3, 0.4) is 0 Å². The smallest absolute Gasteiger partial charge is 0.258 e. The van der Waals surface area contributed by atoms with Crippen molar-refractivity contribution in [2.75, 3.05) is 0 Å². The summed E-state index contributed by atoms with van der Waals surface area (Å²) in [6.45, 7) is 0.180. The highest BCUT2D eigenvalue weighted by atomic mass is 32.1. The van der Waals surface area contributed by atoms with Gasteiger partial charge in [0.2, 0.25) is 5.91 Å². The van der Waals surface area contributed by atoms with Crippen LogP contribution in [0.2, 0.25) is 0 Å². The molecule has 3 rings (SSSR count). The molecule has 21 heavy (non-hydrogen) atoms. The van der Waals surface area contributed by atoms with E-state index in [2.05, 4.69) is 4.98 Å². The van der Waals surface area contributed by atoms with E-state index in [0.717, 1.165) is 0 Å². The summed E-state index contributed by atoms with van der Waals surface area (Å²) in [6, 6.07) is 7.91. The van der Waals surface area contributed by atoms with Gasteiger partial charge in [-0.2, -0.15) is 0 Å². The molecule has 0 saturated heterocycles. The average Bonchev–Trinajstić information content (AvgIpc) is 2.94. The molecule has 0 atom stereocenters. The third-order valence-corrected chi connectivity index (χ3v) is 3.64. The van der Waals surface area contributed by atoms with Gasteiger partial charge in [0.15, 0.2) is 4.96 Å². The van der Waals surface area contributed by atoms with Gasteiger partial charge in [-0.05, 0) is 24.3 Å². The minimum absolute atomic E-state index is 0.135. The summed E-state index contributed by atoms with van der Waals surface area (Å²) in [4.78, 5) is 27.7. The largest absolute Gasteiger partial charge is 0.487 e. The lowest BCUT2D eigenvalue weighted by Gasteiger charge is -2.06. The number of primary amides is 1. The zero-order valence-corrected chi connectivity index (χ0v) is 11.7. The number of rotatable bonds is 4. The molecule has 1 amide bonds. The van der Waals surface area contributed by atoms with E-state index in [9.17, 15) is 9.59 Å². The predicted octanol–water partition coefficient (Wildman–Crippen LogP) is 1.43. The van der Waals surface area contributed by atoms with Crippen molar-refractivity contribution in [1.82, 2.24) is 9.38 Å². The minimum Gasteiger partial charge on any atom is -0.487 e. The molecule has 0 spiro atoms. The zero-order chi connectivity index (χ0) is 14.8. The van der Waals surface area contributed by atoms with E-state index in [-0.39, 0.29) is 12.2 Å². The second-order valence-corrected chi connectivity index (χ2v) is 5.19. The fourth-order valence-electron chi connectivity index (χ4n) is 1.83. The second kappa shape index (κ2) is 5.37. The fraction of sp³-hybridized carbons (Fsp3) is 0.0714. The number of hydrogen-bond donors (Lipinski definition) is 1. The van der Waals surface area contributed by atoms with Crippen molar-refractivity contribution >= 4 is 22.2 Å². The average molecular weight is 301 g/mol. The second-order valence-electron chi connectivity index (χ2n) is 4.32. The molecule has 3 aromatic rings. The number of aromatic nitrogens is 2. The van der Waals surface area contributed by atoms with Gasteiger partial charge < -0.3 is 10.5 Å². The molecular formula is C14H11N3O3S. The molecule has 0 aliphatic heterocycles. The van der Waals surface area contributed by atoms with Crippen LogP contribution in [-0.2, 0) is 6.61 Å². The van der Waals surface area contributed by atoms with Gasteiger partial charge in [0.25, 0.3) is 5.56 Å². The third-order valence-electron chi connectivity index (χ3n) is 2.88. The molecule has 0 unspecified atom stereocenters. The Hall–Kier alpha value is -2.67. The monoisotopic (exact) mass is 301 g/mol. The van der Waals surface area contributed by atoms with Crippen LogP contribution in [0.1, 0.15) is 16.1 Å². The number of hydrogen-bond acceptors (Lipinski definition) is 5. The van der Waals surface area contributed by atoms with Crippen molar-refractivity contribution < 1.29 is 9.53 Å². The van der Waals surface area contributed by atoms with Crippen molar-refractivity contribution in [2.45, 2.75) is 6.61 Å². The van der Waals surface area contributed by atoms with Gasteiger partial charge in [-0.3, -0.25) is 14.0 Å². The molecule has 2 heterocycles. The number of amides is 1. The Morgan fingerprint density at radius 1 is 1.33 bits per heavy atom. The maximum atomic E-state index is 11.8. The van der Waals surface area contributed by atoms with E-state index in [1.54, 1.807) is 35.8 Å². The molecule has 1 aromatic carbocycles. The van der Waals surface area contributed by atoms with Gasteiger partial charge in [-0.1, -0.05) is 0 Å². The van der Waals surface area contributed by atoms with E-state index < -0.39 is 5.91 Å². The Kier molecular flexibility index (Phi) is 3.41. The maximum Gasteiger partial charge on any atom is 0.258 e. The highest BCUT2D eigenvalue weighted by Crippen LogP contribution is 2.14. The predicted molar refractivity (Wildman–Crippen MR) is 78.6 cm³/mol. The molecule has 6 nitrogen and oxygen atoms in total. The number of benzene rings is 1. The summed E-state index contributed by atoms with van der Waals surface area (Å²) in [7, 11) is 0. The van der Waals surface area contributed by atoms with Crippen LogP contribution in [0.5, 0.6) is 5.75 Å². The summed E-state index contributed by atoms with van der Waals surface area (Å²) >= 11 is 1.39. The van der Waals surface area contributed by atoms with Crippen LogP contribution in [0.4, 0.5) is 0 Å². The number of nitrogens with zero attached hydrogens (tertiary/aromatic N) is 2. The Balaban J connectivity index is 1.76. The van der Waals surface area contributed by atoms with E-state index in [0.29, 0.717) is 22.0 Å². The van der Waals surface area contributed by atoms with Crippen LogP contribution >= 0.6 is 11.3 Å². The number of carbonyl (C=O) groups is 1. The van der Waals surface area contributed by atoms with Gasteiger partial charge in [0.05, 0.1) is 5.69 Å². The van der Waals surface area contributed by atoms with Crippen LogP contribution in [0.15, 0.2) is 46.7 Å². The molecule has 0 saturated carbocycles. The van der Waals surface area contributed by atoms with Gasteiger partial charge in [0.1, 0.15) is 12.4 Å². The van der Waals surface area contributed by atoms with Crippen molar-refractivity contribution in [1.29, 1.82) is 0 Å². The number of fused-ring (bicyclic) bond motifs is 1. The molecule has 106 valence electrons. The first-order chi connectivity index (χ1) is 10.1. The molecule has 0 radical (unpaired) electrons. The molecule has 0 aliphatic rings. The molecule has 0 bridgehead atoms. The van der Waals surface area contributed by atoms with Crippen molar-refractivity contribution in [2.24, 2.45) is 5.73 Å². The summed E-state index contributed by atoms with van der Waals surface area (Å²) in [5, 5.41) is 1.80.